The van der Waals surface area contributed by atoms with E-state index in [1.807, 2.05) is 0 Å². The van der Waals surface area contributed by atoms with E-state index in [2.05, 4.69) is 0 Å². The van der Waals surface area contributed by atoms with E-state index < -0.39 is 17.7 Å². The molecule has 0 aromatic heterocycles. The van der Waals surface area contributed by atoms with Crippen molar-refractivity contribution in [3.8, 4) is 11.5 Å². The zero-order valence-electron chi connectivity index (χ0n) is 9.64. The Hall–Kier alpha value is -2.04. The number of aromatic hydroxyl groups is 1. The summed E-state index contributed by atoms with van der Waals surface area (Å²) < 4.78 is 4.96. The molecule has 0 amide bonds. The molecule has 0 bridgehead atoms. The smallest absolute Gasteiger partial charge is 0.306 e. The zero-order chi connectivity index (χ0) is 13.0. The van der Waals surface area contributed by atoms with Gasteiger partial charge in [-0.3, -0.25) is 9.59 Å². The number of methoxy groups -OCH3 is 1. The minimum absolute atomic E-state index is 0.0306. The van der Waals surface area contributed by atoms with E-state index in [1.54, 1.807) is 12.1 Å². The summed E-state index contributed by atoms with van der Waals surface area (Å²) in [5.41, 5.74) is 0.0306. The van der Waals surface area contributed by atoms with Gasteiger partial charge in [-0.2, -0.15) is 0 Å². The van der Waals surface area contributed by atoms with Crippen LogP contribution in [0.3, 0.4) is 0 Å². The van der Waals surface area contributed by atoms with Crippen LogP contribution in [0, 0.1) is 5.92 Å². The molecule has 1 aromatic carbocycles. The monoisotopic (exact) mass is 238 g/mol. The number of hydrogen-bond donors (Lipinski definition) is 2. The van der Waals surface area contributed by atoms with Crippen LogP contribution in [0.5, 0.6) is 11.5 Å². The molecular weight excluding hydrogens is 224 g/mol. The second kappa shape index (κ2) is 5.34. The van der Waals surface area contributed by atoms with E-state index >= 15 is 0 Å². The number of benzene rings is 1. The maximum Gasteiger partial charge on any atom is 0.306 e. The van der Waals surface area contributed by atoms with Crippen LogP contribution in [0.25, 0.3) is 0 Å². The average Bonchev–Trinajstić information content (AvgIpc) is 2.27. The van der Waals surface area contributed by atoms with Gasteiger partial charge in [0.1, 0.15) is 17.1 Å². The summed E-state index contributed by atoms with van der Waals surface area (Å²) in [6, 6.07) is 4.45. The van der Waals surface area contributed by atoms with Crippen molar-refractivity contribution in [2.75, 3.05) is 7.11 Å². The molecular formula is C12H14O5. The van der Waals surface area contributed by atoms with E-state index in [4.69, 9.17) is 9.84 Å². The average molecular weight is 238 g/mol. The van der Waals surface area contributed by atoms with Crippen LogP contribution in [-0.2, 0) is 4.79 Å². The zero-order valence-corrected chi connectivity index (χ0v) is 9.64. The quantitative estimate of drug-likeness (QED) is 0.762. The van der Waals surface area contributed by atoms with Crippen LogP contribution in [0.4, 0.5) is 0 Å². The first-order valence-electron chi connectivity index (χ1n) is 5.09. The molecule has 1 atom stereocenters. The van der Waals surface area contributed by atoms with Gasteiger partial charge in [-0.25, -0.2) is 0 Å². The molecule has 0 fully saturated rings. The van der Waals surface area contributed by atoms with Crippen molar-refractivity contribution in [2.24, 2.45) is 5.92 Å². The summed E-state index contributed by atoms with van der Waals surface area (Å²) in [6.45, 7) is 1.44. The van der Waals surface area contributed by atoms with Gasteiger partial charge in [0.15, 0.2) is 5.78 Å². The van der Waals surface area contributed by atoms with Gasteiger partial charge < -0.3 is 14.9 Å². The Morgan fingerprint density at radius 3 is 2.59 bits per heavy atom. The Bertz CT molecular complexity index is 439. The maximum absolute atomic E-state index is 11.9. The summed E-state index contributed by atoms with van der Waals surface area (Å²) in [5, 5.41) is 18.3. The molecule has 0 radical (unpaired) electrons. The molecule has 2 N–H and O–H groups in total. The topological polar surface area (TPSA) is 83.8 Å². The number of ketones is 1. The van der Waals surface area contributed by atoms with Crippen molar-refractivity contribution in [1.82, 2.24) is 0 Å². The van der Waals surface area contributed by atoms with Gasteiger partial charge in [0.25, 0.3) is 0 Å². The van der Waals surface area contributed by atoms with Gasteiger partial charge >= 0.3 is 5.97 Å². The third kappa shape index (κ3) is 2.96. The Morgan fingerprint density at radius 1 is 1.41 bits per heavy atom. The fraction of sp³-hybridized carbons (Fsp3) is 0.333. The first kappa shape index (κ1) is 13.0. The van der Waals surface area contributed by atoms with Crippen molar-refractivity contribution in [3.05, 3.63) is 23.8 Å². The van der Waals surface area contributed by atoms with E-state index in [0.29, 0.717) is 0 Å². The number of ether oxygens (including phenoxy) is 1. The van der Waals surface area contributed by atoms with Crippen molar-refractivity contribution >= 4 is 11.8 Å². The first-order valence-corrected chi connectivity index (χ1v) is 5.09. The number of aliphatic carboxylic acids is 1. The lowest BCUT2D eigenvalue weighted by Gasteiger charge is -2.10. The highest BCUT2D eigenvalue weighted by Crippen LogP contribution is 2.29. The lowest BCUT2D eigenvalue weighted by Crippen LogP contribution is -2.15. The minimum Gasteiger partial charge on any atom is -0.507 e. The first-order chi connectivity index (χ1) is 7.97. The predicted molar refractivity (Wildman–Crippen MR) is 60.4 cm³/mol. The SMILES string of the molecule is COc1cccc(O)c1C(=O)CC(C)C(=O)O. The third-order valence-electron chi connectivity index (χ3n) is 2.42. The summed E-state index contributed by atoms with van der Waals surface area (Å²) in [6.07, 6.45) is -0.177. The molecule has 1 rings (SSSR count). The molecule has 0 aliphatic heterocycles. The van der Waals surface area contributed by atoms with Gasteiger partial charge in [0, 0.05) is 6.42 Å². The Morgan fingerprint density at radius 2 is 2.06 bits per heavy atom. The molecule has 0 aliphatic rings. The van der Waals surface area contributed by atoms with Crippen LogP contribution in [0.2, 0.25) is 0 Å². The second-order valence-corrected chi connectivity index (χ2v) is 3.72. The summed E-state index contributed by atoms with van der Waals surface area (Å²) in [4.78, 5) is 22.5. The lowest BCUT2D eigenvalue weighted by atomic mass is 9.98. The number of carboxylic acid groups (broad SMARTS) is 1. The summed E-state index contributed by atoms with van der Waals surface area (Å²) >= 11 is 0. The van der Waals surface area contributed by atoms with Crippen molar-refractivity contribution < 1.29 is 24.5 Å². The van der Waals surface area contributed by atoms with Gasteiger partial charge in [0.05, 0.1) is 13.0 Å². The lowest BCUT2D eigenvalue weighted by molar-refractivity contribution is -0.141. The molecule has 0 saturated carbocycles. The van der Waals surface area contributed by atoms with E-state index in [1.165, 1.54) is 20.1 Å². The van der Waals surface area contributed by atoms with E-state index in [9.17, 15) is 14.7 Å². The fourth-order valence-electron chi connectivity index (χ4n) is 1.44. The highest BCUT2D eigenvalue weighted by Gasteiger charge is 2.22. The number of carbonyl (C=O) groups excluding carboxylic acids is 1. The fourth-order valence-corrected chi connectivity index (χ4v) is 1.44. The summed E-state index contributed by atoms with van der Waals surface area (Å²) in [5.74, 6) is -2.26. The molecule has 0 aliphatic carbocycles. The normalized spacial score (nSPS) is 11.9. The predicted octanol–water partition coefficient (Wildman–Crippen LogP) is 1.69. The molecule has 1 unspecified atom stereocenters. The van der Waals surface area contributed by atoms with Gasteiger partial charge in [0.2, 0.25) is 0 Å². The molecule has 0 spiro atoms. The van der Waals surface area contributed by atoms with Crippen LogP contribution in [-0.4, -0.2) is 29.1 Å². The number of hydrogen-bond acceptors (Lipinski definition) is 4. The molecule has 5 nitrogen and oxygen atoms in total. The van der Waals surface area contributed by atoms with Crippen molar-refractivity contribution in [2.45, 2.75) is 13.3 Å². The maximum atomic E-state index is 11.9. The standard InChI is InChI=1S/C12H14O5/c1-7(12(15)16)6-9(14)11-8(13)4-3-5-10(11)17-2/h3-5,7,13H,6H2,1-2H3,(H,15,16). The molecule has 5 heteroatoms. The van der Waals surface area contributed by atoms with Crippen LogP contribution < -0.4 is 4.74 Å². The van der Waals surface area contributed by atoms with Crippen LogP contribution in [0.15, 0.2) is 18.2 Å². The molecule has 17 heavy (non-hydrogen) atoms. The number of phenols is 1. The highest BCUT2D eigenvalue weighted by atomic mass is 16.5. The van der Waals surface area contributed by atoms with E-state index in [-0.39, 0.29) is 23.5 Å². The summed E-state index contributed by atoms with van der Waals surface area (Å²) in [7, 11) is 1.38. The minimum atomic E-state index is -1.05. The molecule has 0 heterocycles. The number of carbonyl (C=O) groups is 2. The Labute approximate surface area is 98.6 Å². The number of carboxylic acids is 1. The molecule has 92 valence electrons. The van der Waals surface area contributed by atoms with Crippen LogP contribution in [0.1, 0.15) is 23.7 Å². The largest absolute Gasteiger partial charge is 0.507 e. The molecule has 1 aromatic rings. The van der Waals surface area contributed by atoms with Gasteiger partial charge in [-0.15, -0.1) is 0 Å². The van der Waals surface area contributed by atoms with Gasteiger partial charge in [-0.05, 0) is 12.1 Å². The number of phenolic OH excluding ortho intramolecular Hbond substituents is 1. The van der Waals surface area contributed by atoms with Crippen LogP contribution >= 0.6 is 0 Å². The van der Waals surface area contributed by atoms with E-state index in [0.717, 1.165) is 0 Å². The third-order valence-corrected chi connectivity index (χ3v) is 2.42. The highest BCUT2D eigenvalue weighted by molar-refractivity contribution is 6.02. The Kier molecular flexibility index (Phi) is 4.09. The van der Waals surface area contributed by atoms with Crippen molar-refractivity contribution in [1.29, 1.82) is 0 Å². The number of rotatable bonds is 5. The number of Topliss-reactive ketones (excluding diaryl/α,β-unsaturated/α-hetero) is 1. The van der Waals surface area contributed by atoms with Crippen molar-refractivity contribution in [3.63, 3.8) is 0 Å². The molecule has 0 saturated heterocycles. The Balaban J connectivity index is 3.00. The van der Waals surface area contributed by atoms with Gasteiger partial charge in [-0.1, -0.05) is 13.0 Å². The second-order valence-electron chi connectivity index (χ2n) is 3.72.